The van der Waals surface area contributed by atoms with E-state index in [1.165, 1.54) is 0 Å². The van der Waals surface area contributed by atoms with Crippen LogP contribution in [0.1, 0.15) is 13.3 Å². The van der Waals surface area contributed by atoms with E-state index >= 15 is 0 Å². The van der Waals surface area contributed by atoms with Crippen molar-refractivity contribution >= 4 is 5.91 Å². The molecule has 0 aromatic heterocycles. The van der Waals surface area contributed by atoms with Crippen LogP contribution in [0.2, 0.25) is 0 Å². The van der Waals surface area contributed by atoms with Gasteiger partial charge in [0.2, 0.25) is 5.91 Å². The standard InChI is InChI=1S/C18H35FN8O/c1-10-5-21-9-23-15(10)12-3-4-26(2)8-13(12)24-18(28)14-16(20)25-27-7-11(19)6-22-17(14)27/h10-17,21-23,25H,3-9,20H2,1-2H3,(H,24,28). The lowest BCUT2D eigenvalue weighted by molar-refractivity contribution is -0.128. The Balaban J connectivity index is 1.45. The third kappa shape index (κ3) is 4.04. The van der Waals surface area contributed by atoms with Gasteiger partial charge in [0.1, 0.15) is 6.17 Å². The van der Waals surface area contributed by atoms with Crippen molar-refractivity contribution in [2.75, 3.05) is 46.4 Å². The van der Waals surface area contributed by atoms with E-state index in [1.54, 1.807) is 5.01 Å². The van der Waals surface area contributed by atoms with Gasteiger partial charge in [0.25, 0.3) is 0 Å². The Bertz CT molecular complexity index is 568. The lowest BCUT2D eigenvalue weighted by atomic mass is 9.78. The highest BCUT2D eigenvalue weighted by molar-refractivity contribution is 5.80. The van der Waals surface area contributed by atoms with Crippen LogP contribution in [0, 0.1) is 17.8 Å². The fourth-order valence-electron chi connectivity index (χ4n) is 5.36. The highest BCUT2D eigenvalue weighted by atomic mass is 19.1. The van der Waals surface area contributed by atoms with Gasteiger partial charge < -0.3 is 26.6 Å². The third-order valence-corrected chi connectivity index (χ3v) is 6.82. The summed E-state index contributed by atoms with van der Waals surface area (Å²) in [7, 11) is 2.10. The number of alkyl halides is 1. The Morgan fingerprint density at radius 2 is 2.07 bits per heavy atom. The van der Waals surface area contributed by atoms with E-state index in [-0.39, 0.29) is 31.2 Å². The van der Waals surface area contributed by atoms with Crippen LogP contribution in [0.4, 0.5) is 4.39 Å². The number of piperidine rings is 1. The second-order valence-corrected chi connectivity index (χ2v) is 8.95. The highest BCUT2D eigenvalue weighted by Crippen LogP contribution is 2.27. The molecular weight excluding hydrogens is 363 g/mol. The van der Waals surface area contributed by atoms with Gasteiger partial charge in [-0.15, -0.1) is 0 Å². The molecule has 4 rings (SSSR count). The number of amides is 1. The summed E-state index contributed by atoms with van der Waals surface area (Å²) in [5.74, 6) is 0.394. The van der Waals surface area contributed by atoms with Gasteiger partial charge in [-0.1, -0.05) is 6.92 Å². The molecule has 0 spiro atoms. The molecule has 1 amide bonds. The molecule has 0 bridgehead atoms. The molecule has 0 aromatic carbocycles. The van der Waals surface area contributed by atoms with Crippen molar-refractivity contribution in [2.45, 2.75) is 43.9 Å². The van der Waals surface area contributed by atoms with Crippen molar-refractivity contribution in [3.63, 3.8) is 0 Å². The minimum atomic E-state index is -0.957. The predicted octanol–water partition coefficient (Wildman–Crippen LogP) is -2.43. The van der Waals surface area contributed by atoms with Crippen LogP contribution in [-0.2, 0) is 4.79 Å². The maximum atomic E-state index is 13.7. The Kier molecular flexibility index (Phi) is 6.17. The molecule has 0 radical (unpaired) electrons. The van der Waals surface area contributed by atoms with Gasteiger partial charge in [-0.05, 0) is 31.8 Å². The zero-order chi connectivity index (χ0) is 19.8. The minimum absolute atomic E-state index is 0.0517. The molecule has 8 unspecified atom stereocenters. The molecule has 7 N–H and O–H groups in total. The topological polar surface area (TPSA) is 110 Å². The van der Waals surface area contributed by atoms with E-state index in [2.05, 4.69) is 45.6 Å². The first-order valence-electron chi connectivity index (χ1n) is 10.5. The number of hydrogen-bond donors (Lipinski definition) is 6. The number of halogens is 1. The molecule has 0 saturated carbocycles. The van der Waals surface area contributed by atoms with Gasteiger partial charge >= 0.3 is 0 Å². The van der Waals surface area contributed by atoms with E-state index in [0.717, 1.165) is 32.7 Å². The summed E-state index contributed by atoms with van der Waals surface area (Å²) in [6.07, 6.45) is -0.687. The van der Waals surface area contributed by atoms with E-state index in [1.807, 2.05) is 0 Å². The second kappa shape index (κ2) is 8.47. The highest BCUT2D eigenvalue weighted by Gasteiger charge is 2.48. The smallest absolute Gasteiger partial charge is 0.229 e. The average Bonchev–Trinajstić information content (AvgIpc) is 2.97. The van der Waals surface area contributed by atoms with Crippen molar-refractivity contribution in [1.82, 2.24) is 36.6 Å². The van der Waals surface area contributed by atoms with Gasteiger partial charge in [-0.25, -0.2) is 14.8 Å². The fourth-order valence-corrected chi connectivity index (χ4v) is 5.36. The summed E-state index contributed by atoms with van der Waals surface area (Å²) in [5.41, 5.74) is 9.27. The summed E-state index contributed by atoms with van der Waals surface area (Å²) in [6.45, 7) is 6.44. The number of hydrogen-bond acceptors (Lipinski definition) is 8. The van der Waals surface area contributed by atoms with Crippen molar-refractivity contribution in [1.29, 1.82) is 0 Å². The Hall–Kier alpha value is -0.880. The number of nitrogens with zero attached hydrogens (tertiary/aromatic N) is 2. The summed E-state index contributed by atoms with van der Waals surface area (Å²) < 4.78 is 13.7. The first-order chi connectivity index (χ1) is 13.4. The van der Waals surface area contributed by atoms with Gasteiger partial charge in [-0.2, -0.15) is 0 Å². The lowest BCUT2D eigenvalue weighted by Gasteiger charge is -2.45. The van der Waals surface area contributed by atoms with E-state index in [9.17, 15) is 9.18 Å². The summed E-state index contributed by atoms with van der Waals surface area (Å²) in [6, 6.07) is 0.454. The van der Waals surface area contributed by atoms with Crippen LogP contribution in [0.25, 0.3) is 0 Å². The summed E-state index contributed by atoms with van der Waals surface area (Å²) >= 11 is 0. The molecule has 4 heterocycles. The third-order valence-electron chi connectivity index (χ3n) is 6.82. The number of likely N-dealkylation sites (tertiary alicyclic amines) is 1. The number of likely N-dealkylation sites (N-methyl/N-ethyl adjacent to an activating group) is 1. The van der Waals surface area contributed by atoms with Crippen LogP contribution in [0.15, 0.2) is 0 Å². The predicted molar refractivity (Wildman–Crippen MR) is 104 cm³/mol. The van der Waals surface area contributed by atoms with E-state index in [4.69, 9.17) is 5.73 Å². The van der Waals surface area contributed by atoms with Crippen molar-refractivity contribution in [3.05, 3.63) is 0 Å². The van der Waals surface area contributed by atoms with E-state index < -0.39 is 18.3 Å². The van der Waals surface area contributed by atoms with Gasteiger partial charge in [0.05, 0.1) is 18.2 Å². The number of hydrazine groups is 1. The first-order valence-corrected chi connectivity index (χ1v) is 10.5. The van der Waals surface area contributed by atoms with E-state index in [0.29, 0.717) is 17.9 Å². The van der Waals surface area contributed by atoms with Crippen LogP contribution in [0.3, 0.4) is 0 Å². The molecule has 160 valence electrons. The van der Waals surface area contributed by atoms with Crippen LogP contribution in [-0.4, -0.2) is 92.8 Å². The van der Waals surface area contributed by atoms with Gasteiger partial charge in [0.15, 0.2) is 0 Å². The SMILES string of the molecule is CC1CNCNC1C1CCN(C)CC1NC(=O)C1C(N)NN2CC(F)CNC12. The molecule has 28 heavy (non-hydrogen) atoms. The molecule has 9 nitrogen and oxygen atoms in total. The maximum absolute atomic E-state index is 13.7. The molecule has 10 heteroatoms. The first kappa shape index (κ1) is 20.4. The van der Waals surface area contributed by atoms with Crippen LogP contribution >= 0.6 is 0 Å². The molecule has 4 aliphatic heterocycles. The number of rotatable bonds is 3. The average molecular weight is 399 g/mol. The number of fused-ring (bicyclic) bond motifs is 1. The number of carbonyl (C=O) groups excluding carboxylic acids is 1. The van der Waals surface area contributed by atoms with Gasteiger partial charge in [-0.3, -0.25) is 10.1 Å². The zero-order valence-electron chi connectivity index (χ0n) is 16.8. The number of carbonyl (C=O) groups is 1. The molecule has 0 aromatic rings. The minimum Gasteiger partial charge on any atom is -0.351 e. The van der Waals surface area contributed by atoms with Crippen molar-refractivity contribution in [2.24, 2.45) is 23.5 Å². The van der Waals surface area contributed by atoms with Crippen LogP contribution in [0.5, 0.6) is 0 Å². The normalized spacial score (nSPS) is 45.6. The fraction of sp³-hybridized carbons (Fsp3) is 0.944. The molecule has 4 aliphatic rings. The number of nitrogens with one attached hydrogen (secondary N) is 5. The Labute approximate surface area is 166 Å². The summed E-state index contributed by atoms with van der Waals surface area (Å²) in [4.78, 5) is 15.5. The molecule has 4 saturated heterocycles. The molecule has 0 aliphatic carbocycles. The monoisotopic (exact) mass is 398 g/mol. The second-order valence-electron chi connectivity index (χ2n) is 8.95. The van der Waals surface area contributed by atoms with Crippen LogP contribution < -0.4 is 32.4 Å². The van der Waals surface area contributed by atoms with Crippen molar-refractivity contribution in [3.8, 4) is 0 Å². The molecular formula is C18H35FN8O. The van der Waals surface area contributed by atoms with Gasteiger partial charge in [0, 0.05) is 44.9 Å². The quantitative estimate of drug-likeness (QED) is 0.311. The largest absolute Gasteiger partial charge is 0.351 e. The zero-order valence-corrected chi connectivity index (χ0v) is 16.8. The maximum Gasteiger partial charge on any atom is 0.229 e. The lowest BCUT2D eigenvalue weighted by Crippen LogP contribution is -2.64. The molecule has 8 atom stereocenters. The van der Waals surface area contributed by atoms with Crippen molar-refractivity contribution < 1.29 is 9.18 Å². The molecule has 4 fully saturated rings. The Morgan fingerprint density at radius 1 is 1.25 bits per heavy atom. The summed E-state index contributed by atoms with van der Waals surface area (Å²) in [5, 5.41) is 15.2. The number of nitrogens with two attached hydrogens (primary N) is 1. The Morgan fingerprint density at radius 3 is 2.86 bits per heavy atom.